The van der Waals surface area contributed by atoms with Crippen molar-refractivity contribution in [2.45, 2.75) is 39.7 Å². The van der Waals surface area contributed by atoms with Crippen molar-refractivity contribution < 1.29 is 5.11 Å². The number of aliphatic hydroxyl groups excluding tert-OH is 1. The molecule has 14 heavy (non-hydrogen) atoms. The molecule has 0 bridgehead atoms. The lowest BCUT2D eigenvalue weighted by molar-refractivity contribution is 0.142. The van der Waals surface area contributed by atoms with E-state index in [1.807, 2.05) is 25.1 Å². The lowest BCUT2D eigenvalue weighted by atomic mass is 9.99. The van der Waals surface area contributed by atoms with Gasteiger partial charge in [-0.3, -0.25) is 4.98 Å². The van der Waals surface area contributed by atoms with Crippen molar-refractivity contribution in [2.24, 2.45) is 5.92 Å². The summed E-state index contributed by atoms with van der Waals surface area (Å²) >= 11 is 0. The molecule has 78 valence electrons. The normalized spacial score (nSPS) is 15.1. The van der Waals surface area contributed by atoms with Gasteiger partial charge in [0.2, 0.25) is 0 Å². The molecule has 0 saturated heterocycles. The molecule has 0 aliphatic carbocycles. The molecule has 0 aromatic carbocycles. The Morgan fingerprint density at radius 1 is 1.43 bits per heavy atom. The van der Waals surface area contributed by atoms with Crippen LogP contribution in [0.2, 0.25) is 0 Å². The second-order valence-electron chi connectivity index (χ2n) is 3.97. The summed E-state index contributed by atoms with van der Waals surface area (Å²) in [5, 5.41) is 9.88. The SMILES string of the molecule is CCC(C)CC(O)c1cccc(C)n1. The average molecular weight is 193 g/mol. The lowest BCUT2D eigenvalue weighted by Gasteiger charge is -2.14. The highest BCUT2D eigenvalue weighted by molar-refractivity contribution is 5.12. The Balaban J connectivity index is 2.64. The van der Waals surface area contributed by atoms with Gasteiger partial charge >= 0.3 is 0 Å². The molecule has 0 spiro atoms. The van der Waals surface area contributed by atoms with E-state index in [4.69, 9.17) is 0 Å². The Hall–Kier alpha value is -0.890. The van der Waals surface area contributed by atoms with E-state index in [1.54, 1.807) is 0 Å². The summed E-state index contributed by atoms with van der Waals surface area (Å²) in [6.45, 7) is 6.24. The molecule has 1 N–H and O–H groups in total. The predicted octanol–water partition coefficient (Wildman–Crippen LogP) is 2.86. The van der Waals surface area contributed by atoms with Crippen molar-refractivity contribution in [1.29, 1.82) is 0 Å². The minimum atomic E-state index is -0.412. The largest absolute Gasteiger partial charge is 0.387 e. The number of rotatable bonds is 4. The third-order valence-electron chi connectivity index (χ3n) is 2.57. The molecule has 1 aromatic rings. The molecule has 0 fully saturated rings. The molecule has 0 aliphatic rings. The minimum Gasteiger partial charge on any atom is -0.387 e. The van der Waals surface area contributed by atoms with Gasteiger partial charge in [0, 0.05) is 5.69 Å². The van der Waals surface area contributed by atoms with Crippen LogP contribution in [0.5, 0.6) is 0 Å². The van der Waals surface area contributed by atoms with Gasteiger partial charge in [-0.25, -0.2) is 0 Å². The number of nitrogens with zero attached hydrogens (tertiary/aromatic N) is 1. The zero-order valence-corrected chi connectivity index (χ0v) is 9.20. The monoisotopic (exact) mass is 193 g/mol. The highest BCUT2D eigenvalue weighted by Crippen LogP contribution is 2.21. The van der Waals surface area contributed by atoms with Crippen molar-refractivity contribution in [3.63, 3.8) is 0 Å². The fourth-order valence-corrected chi connectivity index (χ4v) is 1.42. The summed E-state index contributed by atoms with van der Waals surface area (Å²) in [5.74, 6) is 0.548. The van der Waals surface area contributed by atoms with Crippen LogP contribution < -0.4 is 0 Å². The first kappa shape index (κ1) is 11.2. The Kier molecular flexibility index (Phi) is 4.08. The lowest BCUT2D eigenvalue weighted by Crippen LogP contribution is -2.06. The fraction of sp³-hybridized carbons (Fsp3) is 0.583. The molecule has 0 amide bonds. The van der Waals surface area contributed by atoms with Crippen molar-refractivity contribution in [2.75, 3.05) is 0 Å². The highest BCUT2D eigenvalue weighted by Gasteiger charge is 2.12. The van der Waals surface area contributed by atoms with E-state index in [2.05, 4.69) is 18.8 Å². The van der Waals surface area contributed by atoms with Crippen LogP contribution in [-0.4, -0.2) is 10.1 Å². The van der Waals surface area contributed by atoms with E-state index in [0.717, 1.165) is 24.2 Å². The number of aromatic nitrogens is 1. The maximum atomic E-state index is 9.88. The van der Waals surface area contributed by atoms with Gasteiger partial charge in [0.05, 0.1) is 11.8 Å². The first-order chi connectivity index (χ1) is 6.63. The summed E-state index contributed by atoms with van der Waals surface area (Å²) in [6, 6.07) is 5.77. The molecule has 2 heteroatoms. The van der Waals surface area contributed by atoms with E-state index in [0.29, 0.717) is 5.92 Å². The quantitative estimate of drug-likeness (QED) is 0.797. The Morgan fingerprint density at radius 2 is 2.14 bits per heavy atom. The van der Waals surface area contributed by atoms with Crippen molar-refractivity contribution in [3.05, 3.63) is 29.6 Å². The minimum absolute atomic E-state index is 0.412. The summed E-state index contributed by atoms with van der Waals surface area (Å²) in [6.07, 6.45) is 1.49. The maximum absolute atomic E-state index is 9.88. The molecule has 2 atom stereocenters. The Labute approximate surface area is 86.0 Å². The van der Waals surface area contributed by atoms with Crippen molar-refractivity contribution >= 4 is 0 Å². The zero-order valence-electron chi connectivity index (χ0n) is 9.20. The van der Waals surface area contributed by atoms with Gasteiger partial charge in [0.25, 0.3) is 0 Å². The molecule has 1 heterocycles. The van der Waals surface area contributed by atoms with Gasteiger partial charge in [-0.15, -0.1) is 0 Å². The van der Waals surface area contributed by atoms with Crippen molar-refractivity contribution in [1.82, 2.24) is 4.98 Å². The molecule has 1 rings (SSSR count). The van der Waals surface area contributed by atoms with Gasteiger partial charge in [0.1, 0.15) is 0 Å². The van der Waals surface area contributed by atoms with Gasteiger partial charge in [-0.2, -0.15) is 0 Å². The third-order valence-corrected chi connectivity index (χ3v) is 2.57. The van der Waals surface area contributed by atoms with E-state index >= 15 is 0 Å². The van der Waals surface area contributed by atoms with Gasteiger partial charge in [0.15, 0.2) is 0 Å². The summed E-state index contributed by atoms with van der Waals surface area (Å²) in [5.41, 5.74) is 1.76. The summed E-state index contributed by atoms with van der Waals surface area (Å²) < 4.78 is 0. The number of aryl methyl sites for hydroxylation is 1. The number of aliphatic hydroxyl groups is 1. The Bertz CT molecular complexity index is 285. The number of hydrogen-bond donors (Lipinski definition) is 1. The molecule has 2 nitrogen and oxygen atoms in total. The first-order valence-corrected chi connectivity index (χ1v) is 5.25. The topological polar surface area (TPSA) is 33.1 Å². The van der Waals surface area contributed by atoms with E-state index in [-0.39, 0.29) is 0 Å². The summed E-state index contributed by atoms with van der Waals surface area (Å²) in [7, 11) is 0. The van der Waals surface area contributed by atoms with Crippen LogP contribution in [-0.2, 0) is 0 Å². The first-order valence-electron chi connectivity index (χ1n) is 5.25. The molecule has 1 aromatic heterocycles. The van der Waals surface area contributed by atoms with Crippen LogP contribution in [0, 0.1) is 12.8 Å². The van der Waals surface area contributed by atoms with Crippen molar-refractivity contribution in [3.8, 4) is 0 Å². The molecule has 2 unspecified atom stereocenters. The van der Waals surface area contributed by atoms with Crippen LogP contribution in [0.25, 0.3) is 0 Å². The fourth-order valence-electron chi connectivity index (χ4n) is 1.42. The average Bonchev–Trinajstić information content (AvgIpc) is 2.17. The van der Waals surface area contributed by atoms with Crippen LogP contribution in [0.1, 0.15) is 44.2 Å². The van der Waals surface area contributed by atoms with Crippen LogP contribution in [0.3, 0.4) is 0 Å². The molecule has 0 aliphatic heterocycles. The van der Waals surface area contributed by atoms with E-state index < -0.39 is 6.10 Å². The van der Waals surface area contributed by atoms with Crippen LogP contribution in [0.4, 0.5) is 0 Å². The van der Waals surface area contributed by atoms with E-state index in [9.17, 15) is 5.11 Å². The van der Waals surface area contributed by atoms with Crippen LogP contribution in [0.15, 0.2) is 18.2 Å². The third kappa shape index (κ3) is 3.11. The molecule has 0 saturated carbocycles. The molecule has 0 radical (unpaired) electrons. The van der Waals surface area contributed by atoms with Gasteiger partial charge in [-0.1, -0.05) is 26.3 Å². The number of hydrogen-bond acceptors (Lipinski definition) is 2. The summed E-state index contributed by atoms with van der Waals surface area (Å²) in [4.78, 5) is 4.31. The second kappa shape index (κ2) is 5.11. The maximum Gasteiger partial charge on any atom is 0.0962 e. The predicted molar refractivity (Wildman–Crippen MR) is 58.0 cm³/mol. The second-order valence-corrected chi connectivity index (χ2v) is 3.97. The van der Waals surface area contributed by atoms with Gasteiger partial charge in [-0.05, 0) is 31.4 Å². The number of pyridine rings is 1. The molecular weight excluding hydrogens is 174 g/mol. The zero-order chi connectivity index (χ0) is 10.6. The van der Waals surface area contributed by atoms with Gasteiger partial charge < -0.3 is 5.11 Å². The Morgan fingerprint density at radius 3 is 2.71 bits per heavy atom. The van der Waals surface area contributed by atoms with Crippen LogP contribution >= 0.6 is 0 Å². The highest BCUT2D eigenvalue weighted by atomic mass is 16.3. The standard InChI is InChI=1S/C12H19NO/c1-4-9(2)8-12(14)11-7-5-6-10(3)13-11/h5-7,9,12,14H,4,8H2,1-3H3. The smallest absolute Gasteiger partial charge is 0.0962 e. The van der Waals surface area contributed by atoms with E-state index in [1.165, 1.54) is 0 Å². The molecular formula is C12H19NO.